The molecule has 2 heterocycles. The van der Waals surface area contributed by atoms with Crippen LogP contribution in [0.5, 0.6) is 0 Å². The molecule has 1 aromatic heterocycles. The molecule has 5 nitrogen and oxygen atoms in total. The van der Waals surface area contributed by atoms with Crippen LogP contribution in [0, 0.1) is 0 Å². The van der Waals surface area contributed by atoms with Crippen LogP contribution in [0.25, 0.3) is 0 Å². The van der Waals surface area contributed by atoms with Crippen molar-refractivity contribution in [2.24, 2.45) is 0 Å². The Morgan fingerprint density at radius 1 is 1.30 bits per heavy atom. The van der Waals surface area contributed by atoms with Crippen LogP contribution in [-0.4, -0.2) is 57.7 Å². The lowest BCUT2D eigenvalue weighted by molar-refractivity contribution is -0.0796. The Bertz CT molecular complexity index is 401. The zero-order valence-electron chi connectivity index (χ0n) is 12.1. The van der Waals surface area contributed by atoms with Crippen LogP contribution in [0.15, 0.2) is 18.5 Å². The van der Waals surface area contributed by atoms with Crippen molar-refractivity contribution in [2.75, 3.05) is 26.2 Å². The highest BCUT2D eigenvalue weighted by Gasteiger charge is 2.33. The third kappa shape index (κ3) is 3.59. The van der Waals surface area contributed by atoms with Crippen LogP contribution in [0.1, 0.15) is 32.1 Å². The topological polar surface area (TPSA) is 50.5 Å². The number of hydrogen-bond donors (Lipinski definition) is 1. The Morgan fingerprint density at radius 3 is 2.90 bits per heavy atom. The van der Waals surface area contributed by atoms with Gasteiger partial charge in [-0.3, -0.25) is 9.58 Å². The fraction of sp³-hybridized carbons (Fsp3) is 0.800. The van der Waals surface area contributed by atoms with Crippen LogP contribution in [0.2, 0.25) is 0 Å². The Morgan fingerprint density at radius 2 is 2.15 bits per heavy atom. The van der Waals surface area contributed by atoms with Gasteiger partial charge in [-0.2, -0.15) is 5.10 Å². The van der Waals surface area contributed by atoms with Gasteiger partial charge in [0.15, 0.2) is 0 Å². The number of aromatic nitrogens is 2. The van der Waals surface area contributed by atoms with Crippen molar-refractivity contribution in [3.05, 3.63) is 18.5 Å². The van der Waals surface area contributed by atoms with E-state index >= 15 is 0 Å². The van der Waals surface area contributed by atoms with Gasteiger partial charge in [0.1, 0.15) is 0 Å². The largest absolute Gasteiger partial charge is 0.389 e. The number of β-amino-alcohol motifs (C(OH)–C–C–N with tert-alkyl or cyclic N) is 1. The fourth-order valence-corrected chi connectivity index (χ4v) is 3.44. The molecule has 0 amide bonds. The fourth-order valence-electron chi connectivity index (χ4n) is 3.44. The number of hydrogen-bond acceptors (Lipinski definition) is 4. The van der Waals surface area contributed by atoms with Gasteiger partial charge in [-0.1, -0.05) is 19.3 Å². The summed E-state index contributed by atoms with van der Waals surface area (Å²) >= 11 is 0. The summed E-state index contributed by atoms with van der Waals surface area (Å²) in [4.78, 5) is 2.36. The normalized spacial score (nSPS) is 27.6. The zero-order valence-corrected chi connectivity index (χ0v) is 12.1. The quantitative estimate of drug-likeness (QED) is 0.902. The molecule has 1 atom stereocenters. The van der Waals surface area contributed by atoms with Gasteiger partial charge in [0, 0.05) is 32.0 Å². The minimum absolute atomic E-state index is 0.177. The van der Waals surface area contributed by atoms with Gasteiger partial charge in [-0.25, -0.2) is 0 Å². The molecule has 1 saturated heterocycles. The maximum absolute atomic E-state index is 10.7. The van der Waals surface area contributed by atoms with Gasteiger partial charge in [0.2, 0.25) is 0 Å². The maximum atomic E-state index is 10.7. The molecule has 0 aromatic carbocycles. The summed E-state index contributed by atoms with van der Waals surface area (Å²) < 4.78 is 7.74. The van der Waals surface area contributed by atoms with Gasteiger partial charge < -0.3 is 9.84 Å². The predicted octanol–water partition coefficient (Wildman–Crippen LogP) is 1.28. The summed E-state index contributed by atoms with van der Waals surface area (Å²) in [5.74, 6) is 0. The van der Waals surface area contributed by atoms with Gasteiger partial charge >= 0.3 is 0 Å². The summed E-state index contributed by atoms with van der Waals surface area (Å²) in [6, 6.07) is 1.94. The predicted molar refractivity (Wildman–Crippen MR) is 76.4 cm³/mol. The van der Waals surface area contributed by atoms with Crippen molar-refractivity contribution in [1.82, 2.24) is 14.7 Å². The van der Waals surface area contributed by atoms with E-state index in [4.69, 9.17) is 4.74 Å². The van der Waals surface area contributed by atoms with E-state index in [-0.39, 0.29) is 6.10 Å². The molecule has 1 N–H and O–H groups in total. The van der Waals surface area contributed by atoms with Crippen molar-refractivity contribution >= 4 is 0 Å². The lowest BCUT2D eigenvalue weighted by Gasteiger charge is -2.40. The maximum Gasteiger partial charge on any atom is 0.0898 e. The van der Waals surface area contributed by atoms with E-state index < -0.39 is 5.60 Å². The van der Waals surface area contributed by atoms with Crippen molar-refractivity contribution in [1.29, 1.82) is 0 Å². The molecule has 1 saturated carbocycles. The molecule has 1 aliphatic heterocycles. The van der Waals surface area contributed by atoms with E-state index in [1.807, 2.05) is 16.9 Å². The smallest absolute Gasteiger partial charge is 0.0898 e. The van der Waals surface area contributed by atoms with E-state index in [9.17, 15) is 5.11 Å². The number of morpholine rings is 1. The van der Waals surface area contributed by atoms with E-state index in [2.05, 4.69) is 10.00 Å². The molecule has 0 spiro atoms. The van der Waals surface area contributed by atoms with E-state index in [0.29, 0.717) is 0 Å². The van der Waals surface area contributed by atoms with Gasteiger partial charge in [0.25, 0.3) is 0 Å². The summed E-state index contributed by atoms with van der Waals surface area (Å²) in [7, 11) is 0. The van der Waals surface area contributed by atoms with Gasteiger partial charge in [0.05, 0.1) is 24.9 Å². The first kappa shape index (κ1) is 14.0. The van der Waals surface area contributed by atoms with Crippen molar-refractivity contribution in [3.63, 3.8) is 0 Å². The summed E-state index contributed by atoms with van der Waals surface area (Å²) in [5, 5.41) is 14.9. The molecule has 0 unspecified atom stereocenters. The molecular weight excluding hydrogens is 254 g/mol. The van der Waals surface area contributed by atoms with Crippen LogP contribution in [0.3, 0.4) is 0 Å². The first-order valence-corrected chi connectivity index (χ1v) is 7.77. The van der Waals surface area contributed by atoms with Crippen molar-refractivity contribution in [3.8, 4) is 0 Å². The molecule has 0 radical (unpaired) electrons. The van der Waals surface area contributed by atoms with E-state index in [1.165, 1.54) is 6.42 Å². The molecule has 0 bridgehead atoms. The van der Waals surface area contributed by atoms with E-state index in [1.54, 1.807) is 6.20 Å². The first-order chi connectivity index (χ1) is 9.73. The van der Waals surface area contributed by atoms with Gasteiger partial charge in [-0.15, -0.1) is 0 Å². The summed E-state index contributed by atoms with van der Waals surface area (Å²) in [5.41, 5.74) is -0.466. The molecule has 5 heteroatoms. The summed E-state index contributed by atoms with van der Waals surface area (Å²) in [6.07, 6.45) is 9.45. The number of ether oxygens (including phenoxy) is 1. The average Bonchev–Trinajstić information content (AvgIpc) is 2.92. The molecule has 3 rings (SSSR count). The van der Waals surface area contributed by atoms with Crippen LogP contribution >= 0.6 is 0 Å². The minimum Gasteiger partial charge on any atom is -0.389 e. The second kappa shape index (κ2) is 6.24. The monoisotopic (exact) mass is 279 g/mol. The second-order valence-corrected chi connectivity index (χ2v) is 6.24. The Balaban J connectivity index is 1.52. The first-order valence-electron chi connectivity index (χ1n) is 7.77. The second-order valence-electron chi connectivity index (χ2n) is 6.24. The van der Waals surface area contributed by atoms with Crippen LogP contribution in [0.4, 0.5) is 0 Å². The molecule has 2 fully saturated rings. The van der Waals surface area contributed by atoms with E-state index in [0.717, 1.165) is 58.5 Å². The molecule has 20 heavy (non-hydrogen) atoms. The van der Waals surface area contributed by atoms with Crippen LogP contribution < -0.4 is 0 Å². The highest BCUT2D eigenvalue weighted by atomic mass is 16.5. The lowest BCUT2D eigenvalue weighted by Crippen LogP contribution is -2.51. The molecule has 1 aliphatic carbocycles. The standard InChI is InChI=1S/C15H25N3O2/c19-15(5-2-1-3-6-15)13-17-9-10-20-14(11-17)12-18-8-4-7-16-18/h4,7-8,14,19H,1-3,5-6,9-13H2/t14-/m0/s1. The highest BCUT2D eigenvalue weighted by Crippen LogP contribution is 2.29. The Kier molecular flexibility index (Phi) is 4.38. The third-order valence-electron chi connectivity index (χ3n) is 4.47. The lowest BCUT2D eigenvalue weighted by atomic mass is 9.84. The minimum atomic E-state index is -0.466. The molecule has 2 aliphatic rings. The molecule has 112 valence electrons. The molecular formula is C15H25N3O2. The van der Waals surface area contributed by atoms with Crippen molar-refractivity contribution in [2.45, 2.75) is 50.4 Å². The van der Waals surface area contributed by atoms with Gasteiger partial charge in [-0.05, 0) is 18.9 Å². The van der Waals surface area contributed by atoms with Crippen LogP contribution in [-0.2, 0) is 11.3 Å². The third-order valence-corrected chi connectivity index (χ3v) is 4.47. The number of rotatable bonds is 4. The Hall–Kier alpha value is -0.910. The average molecular weight is 279 g/mol. The van der Waals surface area contributed by atoms with Crippen molar-refractivity contribution < 1.29 is 9.84 Å². The Labute approximate surface area is 120 Å². The number of nitrogens with zero attached hydrogens (tertiary/aromatic N) is 3. The molecule has 1 aromatic rings. The number of aliphatic hydroxyl groups is 1. The summed E-state index contributed by atoms with van der Waals surface area (Å²) in [6.45, 7) is 4.16. The highest BCUT2D eigenvalue weighted by molar-refractivity contribution is 4.87. The zero-order chi connectivity index (χ0) is 13.8. The SMILES string of the molecule is OC1(CN2CCO[C@H](Cn3cccn3)C2)CCCCC1.